The van der Waals surface area contributed by atoms with Crippen LogP contribution in [0.5, 0.6) is 5.75 Å². The van der Waals surface area contributed by atoms with Gasteiger partial charge in [-0.3, -0.25) is 9.69 Å². The number of ether oxygens (including phenoxy) is 2. The van der Waals surface area contributed by atoms with Crippen molar-refractivity contribution in [2.45, 2.75) is 25.1 Å². The lowest BCUT2D eigenvalue weighted by Gasteiger charge is -2.26. The van der Waals surface area contributed by atoms with Gasteiger partial charge in [0.25, 0.3) is 0 Å². The number of carbonyl (C=O) groups excluding carboxylic acids is 1. The summed E-state index contributed by atoms with van der Waals surface area (Å²) in [6, 6.07) is 6.81. The molecule has 0 saturated carbocycles. The van der Waals surface area contributed by atoms with Crippen molar-refractivity contribution >= 4 is 23.3 Å². The average Bonchev–Trinajstić information content (AvgIpc) is 3.23. The Hall–Kier alpha value is -2.70. The summed E-state index contributed by atoms with van der Waals surface area (Å²) in [5.74, 6) is -1.37. The highest BCUT2D eigenvalue weighted by atomic mass is 32.1. The Balaban J connectivity index is 2.02. The number of halogens is 3. The molecule has 2 N–H and O–H groups in total. The molecule has 176 valence electrons. The molecule has 1 aromatic heterocycles. The molecule has 1 aromatic carbocycles. The van der Waals surface area contributed by atoms with E-state index in [1.54, 1.807) is 24.3 Å². The summed E-state index contributed by atoms with van der Waals surface area (Å²) >= 11 is 0.373. The van der Waals surface area contributed by atoms with E-state index in [-0.39, 0.29) is 31.3 Å². The van der Waals surface area contributed by atoms with Gasteiger partial charge in [-0.1, -0.05) is 19.1 Å². The summed E-state index contributed by atoms with van der Waals surface area (Å²) in [5.41, 5.74) is 0.686. The average molecular weight is 476 g/mol. The topological polar surface area (TPSA) is 109 Å². The van der Waals surface area contributed by atoms with Crippen LogP contribution in [0.25, 0.3) is 0 Å². The summed E-state index contributed by atoms with van der Waals surface area (Å²) in [5, 5.41) is 19.5. The fourth-order valence-corrected chi connectivity index (χ4v) is 3.62. The maximum Gasteiger partial charge on any atom is 0.443 e. The molecule has 0 aliphatic heterocycles. The highest BCUT2D eigenvalue weighted by Gasteiger charge is 2.35. The second kappa shape index (κ2) is 11.2. The van der Waals surface area contributed by atoms with Crippen LogP contribution in [-0.4, -0.2) is 65.4 Å². The largest absolute Gasteiger partial charge is 0.482 e. The van der Waals surface area contributed by atoms with Gasteiger partial charge in [-0.15, -0.1) is 11.3 Å². The molecule has 2 unspecified atom stereocenters. The lowest BCUT2D eigenvalue weighted by Crippen LogP contribution is -2.36. The zero-order valence-electron chi connectivity index (χ0n) is 17.3. The number of alkyl halides is 3. The highest BCUT2D eigenvalue weighted by Crippen LogP contribution is 2.33. The van der Waals surface area contributed by atoms with Gasteiger partial charge < -0.3 is 19.7 Å². The van der Waals surface area contributed by atoms with E-state index in [1.807, 2.05) is 6.92 Å². The van der Waals surface area contributed by atoms with E-state index in [0.717, 1.165) is 10.9 Å². The van der Waals surface area contributed by atoms with Crippen LogP contribution in [0.4, 0.5) is 13.2 Å². The predicted octanol–water partition coefficient (Wildman–Crippen LogP) is 2.94. The summed E-state index contributed by atoms with van der Waals surface area (Å²) in [7, 11) is 1.25. The van der Waals surface area contributed by atoms with E-state index < -0.39 is 35.8 Å². The molecule has 0 bridgehead atoms. The van der Waals surface area contributed by atoms with Gasteiger partial charge >= 0.3 is 18.1 Å². The number of nitrogens with zero attached hydrogens (tertiary/aromatic N) is 2. The summed E-state index contributed by atoms with van der Waals surface area (Å²) < 4.78 is 48.0. The van der Waals surface area contributed by atoms with Gasteiger partial charge in [-0.25, -0.2) is 9.78 Å². The zero-order chi connectivity index (χ0) is 23.9. The molecular weight excluding hydrogens is 453 g/mol. The number of aliphatic hydroxyl groups excluding tert-OH is 1. The molecular formula is C20H23F3N2O6S. The first kappa shape index (κ1) is 25.6. The molecule has 32 heavy (non-hydrogen) atoms. The predicted molar refractivity (Wildman–Crippen MR) is 109 cm³/mol. The van der Waals surface area contributed by atoms with Crippen LogP contribution in [0.3, 0.4) is 0 Å². The van der Waals surface area contributed by atoms with E-state index >= 15 is 0 Å². The second-order valence-corrected chi connectivity index (χ2v) is 7.87. The molecule has 0 aliphatic rings. The number of esters is 1. The Bertz CT molecular complexity index is 903. The van der Waals surface area contributed by atoms with Gasteiger partial charge in [-0.05, 0) is 23.6 Å². The number of aromatic nitrogens is 1. The maximum atomic E-state index is 12.7. The summed E-state index contributed by atoms with van der Waals surface area (Å²) in [6.07, 6.45) is -5.98. The van der Waals surface area contributed by atoms with Crippen molar-refractivity contribution in [2.24, 2.45) is 0 Å². The third-order valence-electron chi connectivity index (χ3n) is 4.46. The Morgan fingerprint density at radius 1 is 1.22 bits per heavy atom. The van der Waals surface area contributed by atoms with Crippen LogP contribution in [0.2, 0.25) is 0 Å². The zero-order valence-corrected chi connectivity index (χ0v) is 18.2. The molecule has 2 atom stereocenters. The van der Waals surface area contributed by atoms with Crippen molar-refractivity contribution < 1.29 is 42.4 Å². The van der Waals surface area contributed by atoms with E-state index in [0.29, 0.717) is 17.1 Å². The van der Waals surface area contributed by atoms with Gasteiger partial charge in [0.15, 0.2) is 11.6 Å². The van der Waals surface area contributed by atoms with Crippen LogP contribution < -0.4 is 4.74 Å². The molecule has 2 aromatic rings. The molecule has 0 aliphatic carbocycles. The van der Waals surface area contributed by atoms with Gasteiger partial charge in [-0.2, -0.15) is 13.2 Å². The van der Waals surface area contributed by atoms with Crippen LogP contribution in [0.1, 0.15) is 35.2 Å². The third-order valence-corrected chi connectivity index (χ3v) is 5.37. The molecule has 1 heterocycles. The quantitative estimate of drug-likeness (QED) is 0.477. The number of aliphatic carboxylic acids is 1. The number of hydrogen-bond acceptors (Lipinski definition) is 8. The lowest BCUT2D eigenvalue weighted by molar-refractivity contribution is -0.143. The monoisotopic (exact) mass is 476 g/mol. The first-order valence-corrected chi connectivity index (χ1v) is 10.3. The minimum absolute atomic E-state index is 0.155. The smallest absolute Gasteiger partial charge is 0.443 e. The highest BCUT2D eigenvalue weighted by molar-refractivity contribution is 7.09. The van der Waals surface area contributed by atoms with Crippen molar-refractivity contribution in [1.29, 1.82) is 0 Å². The Morgan fingerprint density at radius 2 is 1.88 bits per heavy atom. The van der Waals surface area contributed by atoms with Crippen LogP contribution in [-0.2, 0) is 20.5 Å². The number of carbonyl (C=O) groups is 2. The fraction of sp³-hybridized carbons (Fsp3) is 0.450. The fourth-order valence-electron chi connectivity index (χ4n) is 2.89. The van der Waals surface area contributed by atoms with Crippen molar-refractivity contribution in [3.8, 4) is 5.75 Å². The van der Waals surface area contributed by atoms with Crippen LogP contribution >= 0.6 is 11.3 Å². The third kappa shape index (κ3) is 7.77. The van der Waals surface area contributed by atoms with E-state index in [4.69, 9.17) is 4.74 Å². The second-order valence-electron chi connectivity index (χ2n) is 7.01. The summed E-state index contributed by atoms with van der Waals surface area (Å²) in [6.45, 7) is 1.23. The number of benzene rings is 1. The molecule has 0 saturated heterocycles. The molecule has 0 amide bonds. The normalized spacial score (nSPS) is 13.6. The Morgan fingerprint density at radius 3 is 2.41 bits per heavy atom. The number of carboxylic acid groups (broad SMARTS) is 1. The molecule has 0 spiro atoms. The summed E-state index contributed by atoms with van der Waals surface area (Å²) in [4.78, 5) is 27.2. The number of methoxy groups -OCH3 is 1. The SMILES string of the molecule is COC(=O)COc1ccc(C(C)CN(CC(=O)O)CC(O)c2csc(C(F)(F)F)n2)cc1. The van der Waals surface area contributed by atoms with E-state index in [1.165, 1.54) is 12.0 Å². The van der Waals surface area contributed by atoms with Crippen LogP contribution in [0, 0.1) is 0 Å². The number of thiazole rings is 1. The van der Waals surface area contributed by atoms with Gasteiger partial charge in [0, 0.05) is 18.5 Å². The number of carboxylic acids is 1. The lowest BCUT2D eigenvalue weighted by atomic mass is 10.00. The first-order chi connectivity index (χ1) is 15.0. The van der Waals surface area contributed by atoms with Gasteiger partial charge in [0.05, 0.1) is 19.3 Å². The Labute approximate surface area is 186 Å². The maximum absolute atomic E-state index is 12.7. The molecule has 2 rings (SSSR count). The molecule has 0 fully saturated rings. The van der Waals surface area contributed by atoms with Crippen molar-refractivity contribution in [2.75, 3.05) is 33.4 Å². The minimum atomic E-state index is -4.61. The van der Waals surface area contributed by atoms with E-state index in [2.05, 4.69) is 9.72 Å². The standard InChI is InChI=1S/C20H23F3N2O6S/c1-12(13-3-5-14(6-4-13)31-10-18(29)30-2)7-25(9-17(27)28)8-16(26)15-11-32-19(24-15)20(21,22)23/h3-6,11-12,16,26H,7-10H2,1-2H3,(H,27,28). The molecule has 0 radical (unpaired) electrons. The number of hydrogen-bond donors (Lipinski definition) is 2. The van der Waals surface area contributed by atoms with Crippen molar-refractivity contribution in [1.82, 2.24) is 9.88 Å². The van der Waals surface area contributed by atoms with Crippen LogP contribution in [0.15, 0.2) is 29.6 Å². The van der Waals surface area contributed by atoms with Gasteiger partial charge in [0.2, 0.25) is 0 Å². The Kier molecular flexibility index (Phi) is 8.99. The number of rotatable bonds is 11. The minimum Gasteiger partial charge on any atom is -0.482 e. The molecule has 12 heteroatoms. The van der Waals surface area contributed by atoms with E-state index in [9.17, 15) is 33.0 Å². The van der Waals surface area contributed by atoms with Crippen molar-refractivity contribution in [3.05, 3.63) is 45.9 Å². The first-order valence-electron chi connectivity index (χ1n) is 9.44. The molecule has 8 nitrogen and oxygen atoms in total. The number of aliphatic hydroxyl groups is 1. The van der Waals surface area contributed by atoms with Gasteiger partial charge in [0.1, 0.15) is 11.9 Å². The van der Waals surface area contributed by atoms with Crippen molar-refractivity contribution in [3.63, 3.8) is 0 Å².